The van der Waals surface area contributed by atoms with Gasteiger partial charge in [-0.3, -0.25) is 4.79 Å². The van der Waals surface area contributed by atoms with Crippen LogP contribution in [0.15, 0.2) is 47.4 Å². The lowest BCUT2D eigenvalue weighted by Crippen LogP contribution is -2.49. The van der Waals surface area contributed by atoms with E-state index in [4.69, 9.17) is 14.7 Å². The normalized spacial score (nSPS) is 17.5. The van der Waals surface area contributed by atoms with Crippen LogP contribution in [0, 0.1) is 11.3 Å². The molecule has 2 heterocycles. The van der Waals surface area contributed by atoms with Gasteiger partial charge in [-0.05, 0) is 42.5 Å². The molecule has 0 aliphatic carbocycles. The number of rotatable bonds is 5. The smallest absolute Gasteiger partial charge is 0.253 e. The van der Waals surface area contributed by atoms with Crippen molar-refractivity contribution >= 4 is 21.6 Å². The van der Waals surface area contributed by atoms with Gasteiger partial charge >= 0.3 is 0 Å². The van der Waals surface area contributed by atoms with Crippen LogP contribution in [-0.4, -0.2) is 83.1 Å². The molecule has 0 saturated carbocycles. The molecule has 2 aromatic carbocycles. The minimum Gasteiger partial charge on any atom is -0.495 e. The molecule has 9 nitrogen and oxygen atoms in total. The van der Waals surface area contributed by atoms with E-state index in [1.807, 2.05) is 11.0 Å². The number of amides is 1. The third kappa shape index (κ3) is 4.80. The number of ether oxygens (including phenoxy) is 2. The topological polar surface area (TPSA) is 103 Å². The van der Waals surface area contributed by atoms with Crippen LogP contribution in [0.5, 0.6) is 5.75 Å². The number of anilines is 1. The van der Waals surface area contributed by atoms with Crippen molar-refractivity contribution < 1.29 is 22.7 Å². The van der Waals surface area contributed by atoms with Gasteiger partial charge in [0, 0.05) is 44.8 Å². The molecule has 2 aromatic rings. The Morgan fingerprint density at radius 3 is 2.27 bits per heavy atom. The second kappa shape index (κ2) is 9.79. The first-order valence-electron chi connectivity index (χ1n) is 10.7. The van der Waals surface area contributed by atoms with Crippen LogP contribution >= 0.6 is 0 Å². The fourth-order valence-corrected chi connectivity index (χ4v) is 5.46. The Labute approximate surface area is 193 Å². The molecule has 33 heavy (non-hydrogen) atoms. The highest BCUT2D eigenvalue weighted by molar-refractivity contribution is 7.89. The number of sulfonamides is 1. The maximum absolute atomic E-state index is 13.1. The minimum atomic E-state index is -3.63. The Kier molecular flexibility index (Phi) is 6.83. The molecule has 0 aromatic heterocycles. The molecule has 0 spiro atoms. The van der Waals surface area contributed by atoms with E-state index in [1.165, 1.54) is 4.31 Å². The number of carbonyl (C=O) groups excluding carboxylic acids is 1. The van der Waals surface area contributed by atoms with Crippen molar-refractivity contribution in [1.82, 2.24) is 9.21 Å². The quantitative estimate of drug-likeness (QED) is 0.653. The lowest BCUT2D eigenvalue weighted by Gasteiger charge is -2.37. The molecule has 10 heteroatoms. The highest BCUT2D eigenvalue weighted by Gasteiger charge is 2.29. The Morgan fingerprint density at radius 1 is 1.00 bits per heavy atom. The van der Waals surface area contributed by atoms with Crippen molar-refractivity contribution in [3.05, 3.63) is 53.6 Å². The van der Waals surface area contributed by atoms with Gasteiger partial charge in [0.05, 0.1) is 42.5 Å². The molecule has 1 amide bonds. The number of piperazine rings is 1. The summed E-state index contributed by atoms with van der Waals surface area (Å²) in [7, 11) is -2.08. The Morgan fingerprint density at radius 2 is 1.67 bits per heavy atom. The summed E-state index contributed by atoms with van der Waals surface area (Å²) in [5, 5.41) is 8.93. The zero-order valence-electron chi connectivity index (χ0n) is 18.4. The molecule has 2 aliphatic heterocycles. The first kappa shape index (κ1) is 23.0. The lowest BCUT2D eigenvalue weighted by atomic mass is 10.1. The number of hydrogen-bond acceptors (Lipinski definition) is 7. The summed E-state index contributed by atoms with van der Waals surface area (Å²) in [5.41, 5.74) is 1.74. The molecular weight excluding hydrogens is 444 g/mol. The van der Waals surface area contributed by atoms with E-state index >= 15 is 0 Å². The second-order valence-corrected chi connectivity index (χ2v) is 9.76. The number of benzene rings is 2. The van der Waals surface area contributed by atoms with Gasteiger partial charge in [0.15, 0.2) is 0 Å². The van der Waals surface area contributed by atoms with Crippen molar-refractivity contribution in [3.8, 4) is 11.8 Å². The van der Waals surface area contributed by atoms with Crippen molar-refractivity contribution in [3.63, 3.8) is 0 Å². The van der Waals surface area contributed by atoms with Crippen LogP contribution in [-0.2, 0) is 14.8 Å². The molecule has 2 fully saturated rings. The summed E-state index contributed by atoms with van der Waals surface area (Å²) >= 11 is 0. The van der Waals surface area contributed by atoms with Crippen molar-refractivity contribution in [1.29, 1.82) is 5.26 Å². The molecule has 4 rings (SSSR count). The first-order chi connectivity index (χ1) is 15.9. The van der Waals surface area contributed by atoms with Gasteiger partial charge in [0.25, 0.3) is 5.91 Å². The Hall–Kier alpha value is -3.13. The number of methoxy groups -OCH3 is 1. The van der Waals surface area contributed by atoms with Gasteiger partial charge < -0.3 is 19.3 Å². The molecule has 0 unspecified atom stereocenters. The van der Waals surface area contributed by atoms with Gasteiger partial charge in [-0.15, -0.1) is 0 Å². The van der Waals surface area contributed by atoms with Crippen LogP contribution in [0.2, 0.25) is 0 Å². The zero-order chi connectivity index (χ0) is 23.4. The van der Waals surface area contributed by atoms with Gasteiger partial charge in [-0.1, -0.05) is 0 Å². The summed E-state index contributed by atoms with van der Waals surface area (Å²) in [6.45, 7) is 3.50. The largest absolute Gasteiger partial charge is 0.495 e. The molecular formula is C23H26N4O5S. The number of hydrogen-bond donors (Lipinski definition) is 0. The standard InChI is InChI=1S/C23H26N4O5S/c1-31-22-7-6-20(33(29,30)27-12-14-32-15-13-27)16-21(22)25-8-10-26(11-9-25)23(28)19-4-2-18(17-24)3-5-19/h2-7,16H,8-15H2,1H3. The van der Waals surface area contributed by atoms with Crippen LogP contribution < -0.4 is 9.64 Å². The molecule has 2 saturated heterocycles. The van der Waals surface area contributed by atoms with Gasteiger partial charge in [0.2, 0.25) is 10.0 Å². The molecule has 0 radical (unpaired) electrons. The van der Waals surface area contributed by atoms with Crippen molar-refractivity contribution in [2.45, 2.75) is 4.90 Å². The SMILES string of the molecule is COc1ccc(S(=O)(=O)N2CCOCC2)cc1N1CCN(C(=O)c2ccc(C#N)cc2)CC1. The second-order valence-electron chi connectivity index (χ2n) is 7.82. The third-order valence-electron chi connectivity index (χ3n) is 5.93. The van der Waals surface area contributed by atoms with E-state index in [2.05, 4.69) is 0 Å². The summed E-state index contributed by atoms with van der Waals surface area (Å²) in [4.78, 5) is 16.9. The summed E-state index contributed by atoms with van der Waals surface area (Å²) in [5.74, 6) is 0.498. The lowest BCUT2D eigenvalue weighted by molar-refractivity contribution is 0.0730. The van der Waals surface area contributed by atoms with E-state index in [-0.39, 0.29) is 10.8 Å². The molecule has 174 valence electrons. The predicted molar refractivity (Wildman–Crippen MR) is 122 cm³/mol. The fraction of sp³-hybridized carbons (Fsp3) is 0.391. The number of nitriles is 1. The van der Waals surface area contributed by atoms with Crippen LogP contribution in [0.4, 0.5) is 5.69 Å². The van der Waals surface area contributed by atoms with E-state index in [0.29, 0.717) is 75.0 Å². The van der Waals surface area contributed by atoms with Gasteiger partial charge in [-0.2, -0.15) is 9.57 Å². The minimum absolute atomic E-state index is 0.0882. The Bertz CT molecular complexity index is 1150. The molecule has 0 N–H and O–H groups in total. The summed E-state index contributed by atoms with van der Waals surface area (Å²) in [6.07, 6.45) is 0. The molecule has 0 bridgehead atoms. The van der Waals surface area contributed by atoms with Crippen LogP contribution in [0.1, 0.15) is 15.9 Å². The van der Waals surface area contributed by atoms with E-state index in [0.717, 1.165) is 0 Å². The highest BCUT2D eigenvalue weighted by atomic mass is 32.2. The molecule has 0 atom stereocenters. The van der Waals surface area contributed by atoms with E-state index in [9.17, 15) is 13.2 Å². The maximum Gasteiger partial charge on any atom is 0.253 e. The van der Waals surface area contributed by atoms with E-state index in [1.54, 1.807) is 54.5 Å². The van der Waals surface area contributed by atoms with E-state index < -0.39 is 10.0 Å². The Balaban J connectivity index is 1.49. The average Bonchev–Trinajstić information content (AvgIpc) is 2.88. The van der Waals surface area contributed by atoms with Crippen LogP contribution in [0.3, 0.4) is 0 Å². The highest BCUT2D eigenvalue weighted by Crippen LogP contribution is 2.33. The zero-order valence-corrected chi connectivity index (χ0v) is 19.3. The van der Waals surface area contributed by atoms with Gasteiger partial charge in [0.1, 0.15) is 5.75 Å². The number of nitrogens with zero attached hydrogens (tertiary/aromatic N) is 4. The van der Waals surface area contributed by atoms with Gasteiger partial charge in [-0.25, -0.2) is 8.42 Å². The average molecular weight is 471 g/mol. The van der Waals surface area contributed by atoms with Crippen molar-refractivity contribution in [2.75, 3.05) is 64.5 Å². The predicted octanol–water partition coefficient (Wildman–Crippen LogP) is 1.55. The maximum atomic E-state index is 13.1. The number of morpholine rings is 1. The van der Waals surface area contributed by atoms with Crippen LogP contribution in [0.25, 0.3) is 0 Å². The summed E-state index contributed by atoms with van der Waals surface area (Å²) < 4.78 is 38.4. The number of carbonyl (C=O) groups is 1. The molecule has 2 aliphatic rings. The third-order valence-corrected chi connectivity index (χ3v) is 7.82. The fourth-order valence-electron chi connectivity index (χ4n) is 4.03. The summed E-state index contributed by atoms with van der Waals surface area (Å²) in [6, 6.07) is 13.5. The van der Waals surface area contributed by atoms with Crippen molar-refractivity contribution in [2.24, 2.45) is 0 Å². The first-order valence-corrected chi connectivity index (χ1v) is 12.2. The monoisotopic (exact) mass is 470 g/mol.